The predicted molar refractivity (Wildman–Crippen MR) is 49.0 cm³/mol. The molecule has 4 nitrogen and oxygen atoms in total. The van der Waals surface area contributed by atoms with Crippen molar-refractivity contribution in [3.8, 4) is 0 Å². The highest BCUT2D eigenvalue weighted by molar-refractivity contribution is 7.85. The lowest BCUT2D eigenvalue weighted by atomic mass is 10.2. The van der Waals surface area contributed by atoms with Crippen LogP contribution in [0.4, 0.5) is 0 Å². The summed E-state index contributed by atoms with van der Waals surface area (Å²) in [6, 6.07) is 6.06. The largest absolute Gasteiger partial charge is 0.316 e. The van der Waals surface area contributed by atoms with E-state index in [0.717, 1.165) is 5.56 Å². The summed E-state index contributed by atoms with van der Waals surface area (Å²) >= 11 is 0. The highest BCUT2D eigenvalue weighted by Gasteiger charge is 2.07. The highest BCUT2D eigenvalue weighted by atomic mass is 32.2. The van der Waals surface area contributed by atoms with Crippen molar-refractivity contribution in [3.63, 3.8) is 0 Å². The Hall–Kier alpha value is -0.910. The Bertz CT molecular complexity index is 369. The van der Waals surface area contributed by atoms with Crippen LogP contribution in [0.15, 0.2) is 29.2 Å². The van der Waals surface area contributed by atoms with Gasteiger partial charge in [-0.3, -0.25) is 4.55 Å². The second-order valence-electron chi connectivity index (χ2n) is 2.65. The van der Waals surface area contributed by atoms with Gasteiger partial charge in [0.2, 0.25) is 0 Å². The van der Waals surface area contributed by atoms with E-state index in [1.165, 1.54) is 12.1 Å². The number of hydrogen-bond donors (Lipinski definition) is 2. The standard InChI is InChI=1S/C8H11NO3S/c1-9-6-7-2-4-8(5-3-7)13(10,11)12/h2-5,9H,6H2,1H3,(H,10,11,12). The summed E-state index contributed by atoms with van der Waals surface area (Å²) in [6.45, 7) is 0.672. The van der Waals surface area contributed by atoms with Crippen molar-refractivity contribution in [2.75, 3.05) is 7.05 Å². The molecule has 0 heterocycles. The monoisotopic (exact) mass is 201 g/mol. The zero-order chi connectivity index (χ0) is 9.90. The SMILES string of the molecule is CNCc1ccc(S(=O)(=O)O)cc1. The lowest BCUT2D eigenvalue weighted by Crippen LogP contribution is -2.05. The Kier molecular flexibility index (Phi) is 3.02. The smallest absolute Gasteiger partial charge is 0.294 e. The molecule has 13 heavy (non-hydrogen) atoms. The van der Waals surface area contributed by atoms with Crippen LogP contribution in [0, 0.1) is 0 Å². The third-order valence-corrected chi connectivity index (χ3v) is 2.47. The van der Waals surface area contributed by atoms with Gasteiger partial charge in [-0.15, -0.1) is 0 Å². The van der Waals surface area contributed by atoms with E-state index < -0.39 is 10.1 Å². The number of nitrogens with one attached hydrogen (secondary N) is 1. The third kappa shape index (κ3) is 2.80. The molecule has 0 unspecified atom stereocenters. The third-order valence-electron chi connectivity index (χ3n) is 1.60. The molecule has 2 N–H and O–H groups in total. The molecule has 0 aliphatic rings. The number of rotatable bonds is 3. The van der Waals surface area contributed by atoms with Crippen LogP contribution in [0.5, 0.6) is 0 Å². The minimum absolute atomic E-state index is 0.0765. The number of benzene rings is 1. The molecule has 0 saturated carbocycles. The van der Waals surface area contributed by atoms with Gasteiger partial charge in [0.25, 0.3) is 10.1 Å². The van der Waals surface area contributed by atoms with E-state index in [1.54, 1.807) is 19.2 Å². The molecule has 0 saturated heterocycles. The Morgan fingerprint density at radius 2 is 1.85 bits per heavy atom. The minimum atomic E-state index is -4.05. The molecule has 0 bridgehead atoms. The van der Waals surface area contributed by atoms with Crippen molar-refractivity contribution in [1.82, 2.24) is 5.32 Å². The van der Waals surface area contributed by atoms with Crippen LogP contribution in [0.1, 0.15) is 5.56 Å². The molecule has 1 aromatic rings. The average molecular weight is 201 g/mol. The summed E-state index contributed by atoms with van der Waals surface area (Å²) in [5.74, 6) is 0. The molecule has 5 heteroatoms. The summed E-state index contributed by atoms with van der Waals surface area (Å²) < 4.78 is 30.0. The fourth-order valence-corrected chi connectivity index (χ4v) is 1.46. The summed E-state index contributed by atoms with van der Waals surface area (Å²) in [5.41, 5.74) is 0.968. The number of hydrogen-bond acceptors (Lipinski definition) is 3. The van der Waals surface area contributed by atoms with Gasteiger partial charge in [-0.2, -0.15) is 8.42 Å². The maximum Gasteiger partial charge on any atom is 0.294 e. The Morgan fingerprint density at radius 3 is 2.23 bits per heavy atom. The molecule has 0 aliphatic carbocycles. The Balaban J connectivity index is 2.94. The normalized spacial score (nSPS) is 11.5. The minimum Gasteiger partial charge on any atom is -0.316 e. The zero-order valence-electron chi connectivity index (χ0n) is 7.19. The van der Waals surface area contributed by atoms with Crippen LogP contribution in [0.2, 0.25) is 0 Å². The van der Waals surface area contributed by atoms with Gasteiger partial charge in [0.1, 0.15) is 0 Å². The quantitative estimate of drug-likeness (QED) is 0.705. The molecule has 0 spiro atoms. The average Bonchev–Trinajstić information content (AvgIpc) is 2.04. The van der Waals surface area contributed by atoms with E-state index in [0.29, 0.717) is 6.54 Å². The molecule has 72 valence electrons. The van der Waals surface area contributed by atoms with E-state index in [2.05, 4.69) is 5.32 Å². The van der Waals surface area contributed by atoms with Crippen molar-refractivity contribution >= 4 is 10.1 Å². The van der Waals surface area contributed by atoms with E-state index in [9.17, 15) is 8.42 Å². The molecule has 1 aromatic carbocycles. The van der Waals surface area contributed by atoms with E-state index in [1.807, 2.05) is 0 Å². The van der Waals surface area contributed by atoms with Crippen molar-refractivity contribution < 1.29 is 13.0 Å². The zero-order valence-corrected chi connectivity index (χ0v) is 8.00. The van der Waals surface area contributed by atoms with E-state index >= 15 is 0 Å². The van der Waals surface area contributed by atoms with E-state index in [4.69, 9.17) is 4.55 Å². The maximum absolute atomic E-state index is 10.6. The maximum atomic E-state index is 10.6. The molecule has 0 amide bonds. The lowest BCUT2D eigenvalue weighted by molar-refractivity contribution is 0.483. The highest BCUT2D eigenvalue weighted by Crippen LogP contribution is 2.09. The van der Waals surface area contributed by atoms with Crippen molar-refractivity contribution in [2.45, 2.75) is 11.4 Å². The van der Waals surface area contributed by atoms with Gasteiger partial charge >= 0.3 is 0 Å². The molecule has 0 aliphatic heterocycles. The molecular formula is C8H11NO3S. The summed E-state index contributed by atoms with van der Waals surface area (Å²) in [4.78, 5) is -0.0765. The van der Waals surface area contributed by atoms with Crippen LogP contribution in [0.25, 0.3) is 0 Å². The molecule has 0 atom stereocenters. The first kappa shape index (κ1) is 10.2. The van der Waals surface area contributed by atoms with Gasteiger partial charge < -0.3 is 5.32 Å². The van der Waals surface area contributed by atoms with Crippen LogP contribution in [-0.2, 0) is 16.7 Å². The van der Waals surface area contributed by atoms with E-state index in [-0.39, 0.29) is 4.90 Å². The van der Waals surface area contributed by atoms with Crippen molar-refractivity contribution in [2.24, 2.45) is 0 Å². The summed E-state index contributed by atoms with van der Waals surface area (Å²) in [7, 11) is -2.25. The first-order valence-corrected chi connectivity index (χ1v) is 5.19. The molecule has 0 radical (unpaired) electrons. The molecule has 0 aromatic heterocycles. The van der Waals surface area contributed by atoms with Gasteiger partial charge in [-0.1, -0.05) is 12.1 Å². The lowest BCUT2D eigenvalue weighted by Gasteiger charge is -2.00. The van der Waals surface area contributed by atoms with Gasteiger partial charge in [0.05, 0.1) is 4.90 Å². The molecular weight excluding hydrogens is 190 g/mol. The fourth-order valence-electron chi connectivity index (χ4n) is 0.983. The van der Waals surface area contributed by atoms with Gasteiger partial charge in [0.15, 0.2) is 0 Å². The first-order valence-electron chi connectivity index (χ1n) is 3.75. The van der Waals surface area contributed by atoms with Gasteiger partial charge in [0, 0.05) is 6.54 Å². The fraction of sp³-hybridized carbons (Fsp3) is 0.250. The Labute approximate surface area is 77.3 Å². The molecule has 1 rings (SSSR count). The van der Waals surface area contributed by atoms with Crippen LogP contribution < -0.4 is 5.32 Å². The molecule has 0 fully saturated rings. The van der Waals surface area contributed by atoms with Crippen LogP contribution in [0.3, 0.4) is 0 Å². The second-order valence-corrected chi connectivity index (χ2v) is 4.07. The summed E-state index contributed by atoms with van der Waals surface area (Å²) in [5, 5.41) is 2.93. The van der Waals surface area contributed by atoms with Crippen LogP contribution in [-0.4, -0.2) is 20.0 Å². The van der Waals surface area contributed by atoms with Crippen molar-refractivity contribution in [1.29, 1.82) is 0 Å². The Morgan fingerprint density at radius 1 is 1.31 bits per heavy atom. The topological polar surface area (TPSA) is 66.4 Å². The van der Waals surface area contributed by atoms with Crippen LogP contribution >= 0.6 is 0 Å². The van der Waals surface area contributed by atoms with Gasteiger partial charge in [-0.05, 0) is 24.7 Å². The van der Waals surface area contributed by atoms with Crippen molar-refractivity contribution in [3.05, 3.63) is 29.8 Å². The first-order chi connectivity index (χ1) is 6.04. The summed E-state index contributed by atoms with van der Waals surface area (Å²) in [6.07, 6.45) is 0. The predicted octanol–water partition coefficient (Wildman–Crippen LogP) is 0.653. The van der Waals surface area contributed by atoms with Gasteiger partial charge in [-0.25, -0.2) is 0 Å². The second kappa shape index (κ2) is 3.87.